The summed E-state index contributed by atoms with van der Waals surface area (Å²) in [6.07, 6.45) is 11.2. The summed E-state index contributed by atoms with van der Waals surface area (Å²) in [5.41, 5.74) is 17.7. The van der Waals surface area contributed by atoms with Gasteiger partial charge in [0.05, 0.1) is 15.9 Å². The maximum Gasteiger partial charge on any atom is 0.328 e. The molecule has 3 aromatic heterocycles. The number of aliphatic carboxylic acids is 7. The molecule has 31 nitrogen and oxygen atoms in total. The second-order valence-corrected chi connectivity index (χ2v) is 46.1. The molecule has 0 saturated carbocycles. The summed E-state index contributed by atoms with van der Waals surface area (Å²) < 4.78 is 75.2. The minimum atomic E-state index is -1.19. The van der Waals surface area contributed by atoms with E-state index in [9.17, 15) is 101 Å². The summed E-state index contributed by atoms with van der Waals surface area (Å²) in [7, 11) is 14.2. The Hall–Kier alpha value is -9.70. The summed E-state index contributed by atoms with van der Waals surface area (Å²) in [6, 6.07) is 38.4. The zero-order valence-electron chi connectivity index (χ0n) is 78.0. The first-order valence-corrected chi connectivity index (χ1v) is 56.5. The lowest BCUT2D eigenvalue weighted by molar-refractivity contribution is -0.388. The molecule has 13 rings (SSSR count). The lowest BCUT2D eigenvalue weighted by Gasteiger charge is -2.33. The van der Waals surface area contributed by atoms with Crippen molar-refractivity contribution in [1.82, 2.24) is 45.0 Å². The van der Waals surface area contributed by atoms with Crippen molar-refractivity contribution in [2.45, 2.75) is 158 Å². The first kappa shape index (κ1) is 118. The number of nitrogens with two attached hydrogens (primary N) is 2. The van der Waals surface area contributed by atoms with E-state index in [-0.39, 0.29) is 96.2 Å². The number of carboxylic acid groups (broad SMARTS) is 7. The number of hydrogen-bond acceptors (Lipinski definition) is 32. The van der Waals surface area contributed by atoms with Gasteiger partial charge in [-0.3, -0.25) is 49.0 Å². The lowest BCUT2D eigenvalue weighted by Crippen LogP contribution is -2.43. The van der Waals surface area contributed by atoms with Crippen LogP contribution in [0.2, 0.25) is 5.15 Å². The van der Waals surface area contributed by atoms with Crippen molar-refractivity contribution in [2.24, 2.45) is 11.5 Å². The Labute approximate surface area is 873 Å². The van der Waals surface area contributed by atoms with E-state index in [1.807, 2.05) is 40.7 Å². The predicted molar refractivity (Wildman–Crippen MR) is 559 cm³/mol. The van der Waals surface area contributed by atoms with Crippen molar-refractivity contribution in [3.05, 3.63) is 300 Å². The van der Waals surface area contributed by atoms with Gasteiger partial charge in [0.15, 0.2) is 10.2 Å². The van der Waals surface area contributed by atoms with Crippen LogP contribution in [0.5, 0.6) is 0 Å². The number of carbonyl (C=O) groups excluding carboxylic acids is 2. The average Bonchev–Trinajstić information content (AvgIpc) is 1.76. The van der Waals surface area contributed by atoms with E-state index in [1.165, 1.54) is 155 Å². The Balaban J connectivity index is 0.000000201. The molecule has 5 aromatic carbocycles. The molecule has 1 amide bonds. The third-order valence-electron chi connectivity index (χ3n) is 22.2. The van der Waals surface area contributed by atoms with Crippen LogP contribution >= 0.6 is 120 Å². The molecule has 5 aliphatic heterocycles. The van der Waals surface area contributed by atoms with Gasteiger partial charge in [-0.25, -0.2) is 55.7 Å². The van der Waals surface area contributed by atoms with E-state index in [1.54, 1.807) is 129 Å². The summed E-state index contributed by atoms with van der Waals surface area (Å²) in [4.78, 5) is 128. The Morgan fingerprint density at radius 1 is 0.472 bits per heavy atom. The van der Waals surface area contributed by atoms with Gasteiger partial charge in [0.25, 0.3) is 0 Å². The molecule has 8 aromatic rings. The van der Waals surface area contributed by atoms with Crippen LogP contribution in [-0.4, -0.2) is 255 Å². The van der Waals surface area contributed by atoms with Gasteiger partial charge in [-0.2, -0.15) is 0 Å². The number of pyridine rings is 1. The van der Waals surface area contributed by atoms with Crippen LogP contribution in [0.15, 0.2) is 235 Å². The fourth-order valence-corrected chi connectivity index (χ4v) is 28.8. The van der Waals surface area contributed by atoms with E-state index < -0.39 is 70.7 Å². The van der Waals surface area contributed by atoms with E-state index in [0.717, 1.165) is 65.1 Å². The van der Waals surface area contributed by atoms with Gasteiger partial charge in [-0.05, 0) is 163 Å². The minimum Gasteiger partial charge on any atom is -0.480 e. The second kappa shape index (κ2) is 61.2. The van der Waals surface area contributed by atoms with Gasteiger partial charge >= 0.3 is 47.5 Å². The highest BCUT2D eigenvalue weighted by molar-refractivity contribution is 8.78. The number of amides is 1. The number of Topliss-reactive ketones (excluding diaryl/α,β-unsaturated/α-hetero) is 1. The molecule has 47 heteroatoms. The Morgan fingerprint density at radius 2 is 0.819 bits per heavy atom. The molecule has 12 N–H and O–H groups in total. The quantitative estimate of drug-likeness (QED) is 0.00560. The molecule has 5 saturated heterocycles. The maximum atomic E-state index is 14.0. The van der Waals surface area contributed by atoms with Crippen LogP contribution in [-0.2, 0) is 75.9 Å². The van der Waals surface area contributed by atoms with Crippen molar-refractivity contribution < 1.29 is 110 Å². The van der Waals surface area contributed by atoms with Gasteiger partial charge in [0.1, 0.15) is 63.5 Å². The molecule has 8 atom stereocenters. The molecule has 0 radical (unpaired) electrons. The van der Waals surface area contributed by atoms with Gasteiger partial charge in [-0.15, -0.1) is 10.2 Å². The monoisotopic (exact) mass is 2190 g/mol. The van der Waals surface area contributed by atoms with E-state index in [2.05, 4.69) is 30.3 Å². The first-order chi connectivity index (χ1) is 68.8. The number of halogens is 6. The lowest BCUT2D eigenvalue weighted by atomic mass is 10.0. The number of aromatic nitrogens is 3. The number of hydrogen-bond donors (Lipinski definition) is 10. The molecular weight excluding hydrogens is 2090 g/mol. The van der Waals surface area contributed by atoms with Crippen molar-refractivity contribution in [2.75, 3.05) is 77.0 Å². The van der Waals surface area contributed by atoms with Crippen LogP contribution in [0.25, 0.3) is 0 Å². The van der Waals surface area contributed by atoms with Gasteiger partial charge < -0.3 is 56.9 Å². The Morgan fingerprint density at radius 3 is 1.13 bits per heavy atom. The standard InChI is InChI=1S/C23H30FN3O6S2.C20H22FNO3S2.C19H18FN3O4S2.C18H17ClFN3O2S2.C17H21FN2O4S2/c1-14(28)18(25)6-7-21(29)26-19(23(32)33)13-34-35-20-8-9-27(12-16(20)10-22(30)31)11-15-4-2-3-5-17(15)24;1-13-9-19(14(2)25-13)27-26-18-7-8-22(12-16(18)10-20(23)24)11-15-5-3-4-6-17(15)21;20-15-5-2-1-4-13(15)11-22-9-7-17(14(12-22)10-18(24)25)28-29-19-16(23(26)27)6-3-8-21-19;19-16-5-6-17(22-21-16)27-26-15-7-8-23(11-13(15)9-18(24)25)10-12-3-1-2-4-14(12)20;18-13-4-2-1-3-11(13)8-20-6-5-15(12(9-20)7-16(21)22)26-25-10-14(19)17(23)24/h2-5,10,18-20H,6-9,11-13,25H2,1H3,(H,26,29)(H,30,31)(H,32,33);3-6,9-10,18H,7-8,11-12H2,1-2H3,(H,23,24);1-6,8,10,17H,7,9,11-12H2,(H,24,25);1-6,9,15H,7-8,10-11H2,(H,24,25);1-4,7,14-15H,5-6,8-10,19H2,(H,21,22)(H,23,24)/b2*16-10-;14-10-;13-9-;12-7-/t;;;;14-,15?/m....0/s1. The zero-order chi connectivity index (χ0) is 104. The highest BCUT2D eigenvalue weighted by Gasteiger charge is 2.34. The van der Waals surface area contributed by atoms with Crippen LogP contribution in [0.3, 0.4) is 0 Å². The van der Waals surface area contributed by atoms with Crippen LogP contribution in [0.1, 0.15) is 91.2 Å². The molecule has 0 bridgehead atoms. The number of benzene rings is 5. The number of likely N-dealkylation sites (tertiary alicyclic amines) is 5. The molecule has 0 aliphatic carbocycles. The number of aryl methyl sites for hydroxylation is 2. The highest BCUT2D eigenvalue weighted by atomic mass is 35.5. The third-order valence-corrected chi connectivity index (χ3v) is 36.8. The van der Waals surface area contributed by atoms with Gasteiger partial charge in [-0.1, -0.05) is 189 Å². The van der Waals surface area contributed by atoms with Crippen LogP contribution in [0.4, 0.5) is 27.6 Å². The number of ketones is 1. The zero-order valence-corrected chi connectivity index (χ0v) is 87.0. The second-order valence-electron chi connectivity index (χ2n) is 33.2. The highest BCUT2D eigenvalue weighted by Crippen LogP contribution is 2.47. The van der Waals surface area contributed by atoms with Crippen LogP contribution in [0, 0.1) is 53.0 Å². The number of piperidine rings is 5. The number of nitrogens with zero attached hydrogens (tertiary/aromatic N) is 9. The summed E-state index contributed by atoms with van der Waals surface area (Å²) in [6.45, 7) is 13.0. The fraction of sp³-hybridized carbons (Fsp3) is 0.361. The topological polar surface area (TPSA) is 470 Å². The van der Waals surface area contributed by atoms with Crippen LogP contribution < -0.4 is 16.8 Å². The van der Waals surface area contributed by atoms with E-state index >= 15 is 0 Å². The predicted octanol–water partition coefficient (Wildman–Crippen LogP) is 17.8. The number of furan rings is 1. The van der Waals surface area contributed by atoms with Gasteiger partial charge in [0, 0.05) is 213 Å². The van der Waals surface area contributed by atoms with Crippen molar-refractivity contribution in [1.29, 1.82) is 0 Å². The molecule has 7 unspecified atom stereocenters. The molecular formula is C97H108ClF5N12O19S10. The number of nitrogens with one attached hydrogen (secondary N) is 1. The van der Waals surface area contributed by atoms with Gasteiger partial charge in [0.2, 0.25) is 5.91 Å². The average molecular weight is 2200 g/mol. The number of carbonyl (C=O) groups is 9. The molecule has 5 aliphatic rings. The maximum absolute atomic E-state index is 14.0. The van der Waals surface area contributed by atoms with Crippen molar-refractivity contribution in [3.8, 4) is 0 Å². The Bertz CT molecular complexity index is 5890. The molecule has 0 spiro atoms. The smallest absolute Gasteiger partial charge is 0.328 e. The SMILES string of the molecule is CC(=O)C(N)CCC(=O)NC(CSSC1CCN(Cc2ccccc2F)C/C1=C/C(=O)O)C(=O)O.Cc1cc(SSC2CCN(Cc3ccccc3F)C/C2=C/C(=O)O)c(C)o1.N[C@@H](CSSC1CCN(Cc2ccccc2F)C/C1=C/C(=O)O)C(=O)O.O=C(O)/C=C1/CN(Cc2ccccc2F)CCC1SSc1ccc(Cl)nn1.O=C(O)/C=C1/CN(Cc2ccccc2F)CCC1SSc1ncccc1[N+](=O)[O-]. The summed E-state index contributed by atoms with van der Waals surface area (Å²) in [5.74, 6) is -7.33. The van der Waals surface area contributed by atoms with Crippen molar-refractivity contribution in [3.63, 3.8) is 0 Å². The van der Waals surface area contributed by atoms with Crippen molar-refractivity contribution >= 4 is 179 Å². The third kappa shape index (κ3) is 41.2. The summed E-state index contributed by atoms with van der Waals surface area (Å²) >= 11 is 5.74. The number of carboxylic acids is 7. The molecule has 144 heavy (non-hydrogen) atoms. The van der Waals surface area contributed by atoms with E-state index in [0.29, 0.717) is 153 Å². The first-order valence-electron chi connectivity index (χ1n) is 44.7. The van der Waals surface area contributed by atoms with E-state index in [4.69, 9.17) is 37.7 Å². The Kier molecular flexibility index (Phi) is 50.1. The summed E-state index contributed by atoms with van der Waals surface area (Å²) in [5, 5.41) is 86.9. The largest absolute Gasteiger partial charge is 0.480 e. The molecule has 8 heterocycles. The number of nitro groups is 1. The normalized spacial score (nSPS) is 19.5. The fourth-order valence-electron chi connectivity index (χ4n) is 15.0. The number of rotatable bonds is 40. The molecule has 5 fully saturated rings. The minimum absolute atomic E-state index is 0.0334. The molecule has 772 valence electrons.